The van der Waals surface area contributed by atoms with Crippen molar-refractivity contribution in [3.63, 3.8) is 0 Å². The minimum atomic E-state index is -2.27. The Morgan fingerprint density at radius 3 is 2.24 bits per heavy atom. The normalized spacial score (nSPS) is 22.3. The third kappa shape index (κ3) is 4.05. The van der Waals surface area contributed by atoms with Crippen molar-refractivity contribution in [3.05, 3.63) is 117 Å². The summed E-state index contributed by atoms with van der Waals surface area (Å²) in [5, 5.41) is 22.3. The minimum absolute atomic E-state index is 0.000218. The van der Waals surface area contributed by atoms with Gasteiger partial charge < -0.3 is 14.4 Å². The largest absolute Gasteiger partial charge is 0.465 e. The van der Waals surface area contributed by atoms with Crippen LogP contribution in [0.4, 0.5) is 11.4 Å². The summed E-state index contributed by atoms with van der Waals surface area (Å²) in [6.45, 7) is 3.25. The number of hydrogen-bond donors (Lipinski definition) is 0. The lowest BCUT2D eigenvalue weighted by atomic mass is 9.57. The van der Waals surface area contributed by atoms with Crippen LogP contribution in [-0.4, -0.2) is 36.0 Å². The molecule has 0 radical (unpaired) electrons. The van der Waals surface area contributed by atoms with Gasteiger partial charge in [-0.25, -0.2) is 9.59 Å². The van der Waals surface area contributed by atoms with Crippen LogP contribution in [0.15, 0.2) is 90.5 Å². The highest BCUT2D eigenvalue weighted by Gasteiger charge is 2.75. The van der Waals surface area contributed by atoms with Crippen molar-refractivity contribution < 1.29 is 28.8 Å². The zero-order valence-corrected chi connectivity index (χ0v) is 23.0. The molecule has 0 N–H and O–H groups in total. The van der Waals surface area contributed by atoms with E-state index >= 15 is 4.79 Å². The Morgan fingerprint density at radius 1 is 0.976 bits per heavy atom. The zero-order chi connectivity index (χ0) is 30.1. The predicted molar refractivity (Wildman–Crippen MR) is 151 cm³/mol. The first-order valence-corrected chi connectivity index (χ1v) is 13.4. The van der Waals surface area contributed by atoms with E-state index in [1.165, 1.54) is 35.2 Å². The summed E-state index contributed by atoms with van der Waals surface area (Å²) in [6, 6.07) is 23.6. The van der Waals surface area contributed by atoms with Gasteiger partial charge in [-0.15, -0.1) is 0 Å². The number of nitrogens with zero attached hydrogens (tertiary/aromatic N) is 3. The molecule has 212 valence electrons. The molecule has 3 atom stereocenters. The zero-order valence-electron chi connectivity index (χ0n) is 23.0. The highest BCUT2D eigenvalue weighted by molar-refractivity contribution is 6.16. The van der Waals surface area contributed by atoms with E-state index in [1.807, 2.05) is 30.3 Å². The van der Waals surface area contributed by atoms with Gasteiger partial charge in [0.15, 0.2) is 5.41 Å². The molecule has 1 spiro atoms. The second-order valence-electron chi connectivity index (χ2n) is 9.94. The first-order chi connectivity index (χ1) is 20.3. The van der Waals surface area contributed by atoms with Gasteiger partial charge in [-0.05, 0) is 42.7 Å². The van der Waals surface area contributed by atoms with Gasteiger partial charge >= 0.3 is 11.9 Å². The molecule has 0 bridgehead atoms. The Kier molecular flexibility index (Phi) is 7.35. The molecule has 0 aromatic heterocycles. The standard InChI is InChI=1S/C32H27N3O7/c1-3-41-28(36)24-18-31(20-33,30(38)42-4-2)32(27(24)22-14-16-23(17-15-22)35(39)40)25-12-8-9-13-26(25)34(29(32)37)19-21-10-6-5-7-11-21/h5-18,27H,3-4,19H2,1-2H3/t27-,31+,32+/m0/s1. The van der Waals surface area contributed by atoms with E-state index in [9.17, 15) is 25.0 Å². The molecule has 0 saturated heterocycles. The number of rotatable bonds is 8. The van der Waals surface area contributed by atoms with Gasteiger partial charge in [0.1, 0.15) is 5.41 Å². The molecule has 0 fully saturated rings. The van der Waals surface area contributed by atoms with Gasteiger partial charge in [-0.1, -0.05) is 60.7 Å². The van der Waals surface area contributed by atoms with E-state index in [2.05, 4.69) is 6.07 Å². The van der Waals surface area contributed by atoms with Crippen molar-refractivity contribution in [1.29, 1.82) is 5.26 Å². The predicted octanol–water partition coefficient (Wildman–Crippen LogP) is 4.74. The lowest BCUT2D eigenvalue weighted by Crippen LogP contribution is -2.56. The lowest BCUT2D eigenvalue weighted by Gasteiger charge is -2.40. The maximum absolute atomic E-state index is 15.0. The smallest absolute Gasteiger partial charge is 0.334 e. The summed E-state index contributed by atoms with van der Waals surface area (Å²) in [5.74, 6) is -3.59. The monoisotopic (exact) mass is 565 g/mol. The molecule has 1 aliphatic heterocycles. The summed E-state index contributed by atoms with van der Waals surface area (Å²) in [5.41, 5.74) is -2.57. The van der Waals surface area contributed by atoms with E-state index in [4.69, 9.17) is 9.47 Å². The van der Waals surface area contributed by atoms with Crippen LogP contribution in [0.5, 0.6) is 0 Å². The van der Waals surface area contributed by atoms with Crippen LogP contribution in [0.3, 0.4) is 0 Å². The fourth-order valence-electron chi connectivity index (χ4n) is 6.19. The summed E-state index contributed by atoms with van der Waals surface area (Å²) in [6.07, 6.45) is 1.20. The van der Waals surface area contributed by atoms with Gasteiger partial charge in [-0.3, -0.25) is 14.9 Å². The van der Waals surface area contributed by atoms with Crippen LogP contribution in [0.25, 0.3) is 0 Å². The summed E-state index contributed by atoms with van der Waals surface area (Å²) >= 11 is 0. The molecule has 3 aromatic carbocycles. The maximum atomic E-state index is 15.0. The van der Waals surface area contributed by atoms with Crippen LogP contribution in [0.1, 0.15) is 36.5 Å². The molecule has 1 amide bonds. The van der Waals surface area contributed by atoms with Gasteiger partial charge in [-0.2, -0.15) is 5.26 Å². The number of carbonyl (C=O) groups is 3. The van der Waals surface area contributed by atoms with Gasteiger partial charge in [0.2, 0.25) is 5.91 Å². The third-order valence-electron chi connectivity index (χ3n) is 7.85. The number of anilines is 1. The Morgan fingerprint density at radius 2 is 1.62 bits per heavy atom. The number of esters is 2. The number of amides is 1. The highest BCUT2D eigenvalue weighted by Crippen LogP contribution is 2.66. The van der Waals surface area contributed by atoms with E-state index in [1.54, 1.807) is 38.1 Å². The molecule has 10 nitrogen and oxygen atoms in total. The fraction of sp³-hybridized carbons (Fsp3) is 0.250. The summed E-state index contributed by atoms with van der Waals surface area (Å²) < 4.78 is 10.8. The van der Waals surface area contributed by atoms with Gasteiger partial charge in [0.05, 0.1) is 30.8 Å². The number of nitro benzene ring substituents is 1. The van der Waals surface area contributed by atoms with Crippen molar-refractivity contribution in [2.75, 3.05) is 18.1 Å². The maximum Gasteiger partial charge on any atom is 0.334 e. The molecular formula is C32H27N3O7. The SMILES string of the molecule is CCOC(=O)C1=C[C@@](C#N)(C(=O)OCC)[C@@]2(C(=O)N(Cc3ccccc3)c3ccccc32)[C@H]1c1ccc([N+](=O)[O-])cc1. The van der Waals surface area contributed by atoms with Crippen LogP contribution in [0, 0.1) is 26.9 Å². The average Bonchev–Trinajstić information content (AvgIpc) is 3.45. The molecule has 42 heavy (non-hydrogen) atoms. The van der Waals surface area contributed by atoms with Crippen LogP contribution >= 0.6 is 0 Å². The first kappa shape index (κ1) is 28.2. The van der Waals surface area contributed by atoms with Gasteiger partial charge in [0.25, 0.3) is 5.69 Å². The van der Waals surface area contributed by atoms with Crippen molar-refractivity contribution in [2.45, 2.75) is 31.7 Å². The number of para-hydroxylation sites is 1. The molecule has 0 saturated carbocycles. The second kappa shape index (κ2) is 10.9. The van der Waals surface area contributed by atoms with Crippen LogP contribution < -0.4 is 4.90 Å². The number of non-ortho nitro benzene ring substituents is 1. The molecule has 10 heteroatoms. The van der Waals surface area contributed by atoms with E-state index in [-0.39, 0.29) is 31.0 Å². The fourth-order valence-corrected chi connectivity index (χ4v) is 6.19. The molecule has 0 unspecified atom stereocenters. The average molecular weight is 566 g/mol. The topological polar surface area (TPSA) is 140 Å². The molecule has 1 aliphatic carbocycles. The summed E-state index contributed by atoms with van der Waals surface area (Å²) in [7, 11) is 0. The van der Waals surface area contributed by atoms with Crippen LogP contribution in [-0.2, 0) is 35.8 Å². The molecular weight excluding hydrogens is 538 g/mol. The van der Waals surface area contributed by atoms with Crippen molar-refractivity contribution in [2.24, 2.45) is 5.41 Å². The van der Waals surface area contributed by atoms with Crippen LogP contribution in [0.2, 0.25) is 0 Å². The summed E-state index contributed by atoms with van der Waals surface area (Å²) in [4.78, 5) is 54.9. The minimum Gasteiger partial charge on any atom is -0.465 e. The van der Waals surface area contributed by atoms with Gasteiger partial charge in [0, 0.05) is 29.3 Å². The van der Waals surface area contributed by atoms with Crippen molar-refractivity contribution in [3.8, 4) is 6.07 Å². The number of fused-ring (bicyclic) bond motifs is 2. The number of nitriles is 1. The molecule has 1 heterocycles. The van der Waals surface area contributed by atoms with Crippen molar-refractivity contribution in [1.82, 2.24) is 0 Å². The Balaban J connectivity index is 1.85. The number of nitro groups is 1. The number of hydrogen-bond acceptors (Lipinski definition) is 8. The quantitative estimate of drug-likeness (QED) is 0.217. The highest BCUT2D eigenvalue weighted by atomic mass is 16.6. The molecule has 2 aliphatic rings. The molecule has 5 rings (SSSR count). The number of carbonyl (C=O) groups excluding carboxylic acids is 3. The number of ether oxygens (including phenoxy) is 2. The third-order valence-corrected chi connectivity index (χ3v) is 7.85. The Labute approximate surface area is 241 Å². The van der Waals surface area contributed by atoms with E-state index in [0.29, 0.717) is 16.8 Å². The lowest BCUT2D eigenvalue weighted by molar-refractivity contribution is -0.384. The van der Waals surface area contributed by atoms with E-state index < -0.39 is 39.5 Å². The second-order valence-corrected chi connectivity index (χ2v) is 9.94. The first-order valence-electron chi connectivity index (χ1n) is 13.4. The van der Waals surface area contributed by atoms with E-state index in [0.717, 1.165) is 5.56 Å². The molecule has 3 aromatic rings. The van der Waals surface area contributed by atoms with Crippen molar-refractivity contribution >= 4 is 29.2 Å². The number of benzene rings is 3. The Bertz CT molecular complexity index is 1640. The Hall–Kier alpha value is -5.30.